The van der Waals surface area contributed by atoms with Gasteiger partial charge in [0.2, 0.25) is 5.91 Å². The maximum absolute atomic E-state index is 13.5. The molecular weight excluding hydrogens is 398 g/mol. The molecule has 5 heteroatoms. The fourth-order valence-corrected chi connectivity index (χ4v) is 4.64. The minimum Gasteiger partial charge on any atom is -0.349 e. The van der Waals surface area contributed by atoms with Crippen LogP contribution < -0.4 is 10.6 Å². The Labute approximate surface area is 189 Å². The van der Waals surface area contributed by atoms with Crippen LogP contribution in [0, 0.1) is 0 Å². The minimum atomic E-state index is -0.976. The summed E-state index contributed by atoms with van der Waals surface area (Å²) in [6.07, 6.45) is 4.61. The Morgan fingerprint density at radius 1 is 1.00 bits per heavy atom. The van der Waals surface area contributed by atoms with Gasteiger partial charge in [-0.25, -0.2) is 0 Å². The van der Waals surface area contributed by atoms with Gasteiger partial charge in [0, 0.05) is 11.7 Å². The molecule has 32 heavy (non-hydrogen) atoms. The highest BCUT2D eigenvalue weighted by atomic mass is 16.2. The highest BCUT2D eigenvalue weighted by Gasteiger charge is 2.45. The summed E-state index contributed by atoms with van der Waals surface area (Å²) < 4.78 is 0. The first-order valence-corrected chi connectivity index (χ1v) is 11.3. The highest BCUT2D eigenvalue weighted by molar-refractivity contribution is 5.98. The molecule has 1 heterocycles. The fraction of sp³-hybridized carbons (Fsp3) is 0.370. The number of fused-ring (bicyclic) bond motifs is 1. The summed E-state index contributed by atoms with van der Waals surface area (Å²) >= 11 is 0. The molecule has 0 saturated heterocycles. The van der Waals surface area contributed by atoms with Gasteiger partial charge in [-0.15, -0.1) is 0 Å². The lowest BCUT2D eigenvalue weighted by molar-refractivity contribution is -0.130. The van der Waals surface area contributed by atoms with Crippen LogP contribution in [0.4, 0.5) is 0 Å². The van der Waals surface area contributed by atoms with Gasteiger partial charge in [-0.05, 0) is 80.8 Å². The Bertz CT molecular complexity index is 1120. The molecule has 1 saturated carbocycles. The van der Waals surface area contributed by atoms with Gasteiger partial charge >= 0.3 is 0 Å². The molecule has 1 aliphatic carbocycles. The summed E-state index contributed by atoms with van der Waals surface area (Å²) in [5, 5.41) is 8.60. The Morgan fingerprint density at radius 2 is 1.75 bits per heavy atom. The summed E-state index contributed by atoms with van der Waals surface area (Å²) in [6, 6.07) is 20.1. The molecule has 3 aromatic rings. The average Bonchev–Trinajstić information content (AvgIpc) is 2.78. The third-order valence-corrected chi connectivity index (χ3v) is 6.17. The predicted molar refractivity (Wildman–Crippen MR) is 127 cm³/mol. The van der Waals surface area contributed by atoms with Gasteiger partial charge in [-0.3, -0.25) is 14.6 Å². The second kappa shape index (κ2) is 8.73. The molecule has 2 aromatic carbocycles. The molecule has 2 N–H and O–H groups in total. The largest absolute Gasteiger partial charge is 0.349 e. The van der Waals surface area contributed by atoms with E-state index in [2.05, 4.69) is 45.9 Å². The SMILES string of the molecule is CC(C)(C)NC(=O)C1(NC(=O)c2ccccn2)CCCC(c2ccc3ccccc3c2)C1. The van der Waals surface area contributed by atoms with E-state index < -0.39 is 11.1 Å². The van der Waals surface area contributed by atoms with E-state index in [1.54, 1.807) is 24.4 Å². The number of benzene rings is 2. The maximum atomic E-state index is 13.5. The number of hydrogen-bond acceptors (Lipinski definition) is 3. The van der Waals surface area contributed by atoms with E-state index in [0.717, 1.165) is 12.8 Å². The van der Waals surface area contributed by atoms with Crippen molar-refractivity contribution >= 4 is 22.6 Å². The van der Waals surface area contributed by atoms with Crippen LogP contribution in [0.3, 0.4) is 0 Å². The van der Waals surface area contributed by atoms with Crippen molar-refractivity contribution in [1.29, 1.82) is 0 Å². The van der Waals surface area contributed by atoms with Crippen molar-refractivity contribution in [2.45, 2.75) is 63.5 Å². The van der Waals surface area contributed by atoms with Gasteiger partial charge in [-0.2, -0.15) is 0 Å². The Balaban J connectivity index is 1.66. The molecule has 2 unspecified atom stereocenters. The number of nitrogens with zero attached hydrogens (tertiary/aromatic N) is 1. The summed E-state index contributed by atoms with van der Waals surface area (Å²) in [4.78, 5) is 30.8. The van der Waals surface area contributed by atoms with Crippen LogP contribution in [0.2, 0.25) is 0 Å². The number of hydrogen-bond donors (Lipinski definition) is 2. The molecule has 1 aliphatic rings. The van der Waals surface area contributed by atoms with Crippen LogP contribution in [0.15, 0.2) is 66.9 Å². The Kier molecular flexibility index (Phi) is 6.00. The number of carbonyl (C=O) groups is 2. The second-order valence-corrected chi connectivity index (χ2v) is 9.86. The maximum Gasteiger partial charge on any atom is 0.270 e. The van der Waals surface area contributed by atoms with E-state index in [4.69, 9.17) is 0 Å². The van der Waals surface area contributed by atoms with Crippen molar-refractivity contribution < 1.29 is 9.59 Å². The first kappa shape index (κ1) is 22.0. The molecule has 2 atom stereocenters. The van der Waals surface area contributed by atoms with E-state index >= 15 is 0 Å². The van der Waals surface area contributed by atoms with Crippen LogP contribution in [0.25, 0.3) is 10.8 Å². The molecule has 5 nitrogen and oxygen atoms in total. The van der Waals surface area contributed by atoms with Crippen LogP contribution >= 0.6 is 0 Å². The topological polar surface area (TPSA) is 71.1 Å². The van der Waals surface area contributed by atoms with Crippen molar-refractivity contribution in [3.63, 3.8) is 0 Å². The molecule has 1 aromatic heterocycles. The van der Waals surface area contributed by atoms with Crippen molar-refractivity contribution in [1.82, 2.24) is 15.6 Å². The normalized spacial score (nSPS) is 21.2. The van der Waals surface area contributed by atoms with Crippen molar-refractivity contribution in [2.24, 2.45) is 0 Å². The lowest BCUT2D eigenvalue weighted by Gasteiger charge is -2.42. The molecule has 4 rings (SSSR count). The number of pyridine rings is 1. The van der Waals surface area contributed by atoms with Crippen molar-refractivity contribution in [3.8, 4) is 0 Å². The summed E-state index contributed by atoms with van der Waals surface area (Å²) in [7, 11) is 0. The van der Waals surface area contributed by atoms with Crippen molar-refractivity contribution in [2.75, 3.05) is 0 Å². The molecule has 0 spiro atoms. The van der Waals surface area contributed by atoms with Gasteiger partial charge in [0.15, 0.2) is 0 Å². The van der Waals surface area contributed by atoms with Crippen molar-refractivity contribution in [3.05, 3.63) is 78.1 Å². The summed E-state index contributed by atoms with van der Waals surface area (Å²) in [6.45, 7) is 5.88. The number of aromatic nitrogens is 1. The number of nitrogens with one attached hydrogen (secondary N) is 2. The average molecular weight is 430 g/mol. The van der Waals surface area contributed by atoms with Gasteiger partial charge < -0.3 is 10.6 Å². The minimum absolute atomic E-state index is 0.125. The summed E-state index contributed by atoms with van der Waals surface area (Å²) in [5.74, 6) is -0.253. The van der Waals surface area contributed by atoms with E-state index in [-0.39, 0.29) is 17.7 Å². The lowest BCUT2D eigenvalue weighted by Crippen LogP contribution is -2.63. The molecule has 2 amide bonds. The molecule has 0 bridgehead atoms. The second-order valence-electron chi connectivity index (χ2n) is 9.86. The van der Waals surface area contributed by atoms with Crippen LogP contribution in [0.5, 0.6) is 0 Å². The third kappa shape index (κ3) is 4.82. The molecule has 166 valence electrons. The number of carbonyl (C=O) groups excluding carboxylic acids is 2. The smallest absolute Gasteiger partial charge is 0.270 e. The molecule has 0 radical (unpaired) electrons. The monoisotopic (exact) mass is 429 g/mol. The van der Waals surface area contributed by atoms with Crippen LogP contribution in [0.1, 0.15) is 68.4 Å². The summed E-state index contributed by atoms with van der Waals surface area (Å²) in [5.41, 5.74) is 0.165. The number of amides is 2. The van der Waals surface area contributed by atoms with E-state index in [1.807, 2.05) is 32.9 Å². The third-order valence-electron chi connectivity index (χ3n) is 6.17. The Hall–Kier alpha value is -3.21. The highest BCUT2D eigenvalue weighted by Crippen LogP contribution is 2.40. The zero-order valence-corrected chi connectivity index (χ0v) is 19.0. The van der Waals surface area contributed by atoms with E-state index in [0.29, 0.717) is 18.5 Å². The molecule has 1 fully saturated rings. The predicted octanol–water partition coefficient (Wildman–Crippen LogP) is 4.98. The van der Waals surface area contributed by atoms with Gasteiger partial charge in [0.1, 0.15) is 11.2 Å². The zero-order chi connectivity index (χ0) is 22.8. The Morgan fingerprint density at radius 3 is 2.47 bits per heavy atom. The quantitative estimate of drug-likeness (QED) is 0.615. The van der Waals surface area contributed by atoms with Gasteiger partial charge in [-0.1, -0.05) is 48.5 Å². The van der Waals surface area contributed by atoms with Crippen LogP contribution in [-0.4, -0.2) is 27.9 Å². The first-order chi connectivity index (χ1) is 15.3. The standard InChI is InChI=1S/C27H31N3O2/c1-26(2,3)30-25(32)27(29-24(31)23-12-6-7-16-28-23)15-8-11-22(18-27)21-14-13-19-9-4-5-10-20(19)17-21/h4-7,9-10,12-14,16-17,22H,8,11,15,18H2,1-3H3,(H,29,31)(H,30,32). The van der Waals surface area contributed by atoms with Gasteiger partial charge in [0.25, 0.3) is 5.91 Å². The first-order valence-electron chi connectivity index (χ1n) is 11.3. The van der Waals surface area contributed by atoms with Gasteiger partial charge in [0.05, 0.1) is 0 Å². The van der Waals surface area contributed by atoms with E-state index in [9.17, 15) is 9.59 Å². The lowest BCUT2D eigenvalue weighted by atomic mass is 9.72. The number of rotatable bonds is 4. The fourth-order valence-electron chi connectivity index (χ4n) is 4.64. The molecule has 0 aliphatic heterocycles. The zero-order valence-electron chi connectivity index (χ0n) is 19.0. The van der Waals surface area contributed by atoms with E-state index in [1.165, 1.54) is 16.3 Å². The van der Waals surface area contributed by atoms with Crippen LogP contribution in [-0.2, 0) is 4.79 Å². The molecular formula is C27H31N3O2.